The van der Waals surface area contributed by atoms with Crippen LogP contribution in [0.2, 0.25) is 0 Å². The summed E-state index contributed by atoms with van der Waals surface area (Å²) in [6.07, 6.45) is 6.63. The summed E-state index contributed by atoms with van der Waals surface area (Å²) >= 11 is 3.05. The van der Waals surface area contributed by atoms with Gasteiger partial charge in [-0.05, 0) is 45.1 Å². The number of imidazole rings is 1. The largest absolute Gasteiger partial charge is 0.465 e. The number of amides is 1. The molecule has 8 heteroatoms. The van der Waals surface area contributed by atoms with E-state index in [1.54, 1.807) is 0 Å². The van der Waals surface area contributed by atoms with Gasteiger partial charge in [0.2, 0.25) is 5.91 Å². The molecule has 0 saturated carbocycles. The van der Waals surface area contributed by atoms with E-state index in [4.69, 9.17) is 9.72 Å². The number of aromatic nitrogens is 2. The topological polar surface area (TPSA) is 84.1 Å². The number of H-pyrrole nitrogens is 1. The first-order valence-corrected chi connectivity index (χ1v) is 15.6. The number of thiophene rings is 1. The van der Waals surface area contributed by atoms with Crippen molar-refractivity contribution in [3.63, 3.8) is 0 Å². The van der Waals surface area contributed by atoms with Crippen LogP contribution in [0.4, 0.5) is 5.00 Å². The Morgan fingerprint density at radius 3 is 2.27 bits per heavy atom. The molecule has 0 aliphatic heterocycles. The average Bonchev–Trinajstić information content (AvgIpc) is 3.50. The van der Waals surface area contributed by atoms with Crippen LogP contribution >= 0.6 is 23.1 Å². The lowest BCUT2D eigenvalue weighted by Gasteiger charge is -2.11. The van der Waals surface area contributed by atoms with Crippen molar-refractivity contribution in [2.75, 3.05) is 18.2 Å². The predicted molar refractivity (Wildman–Crippen MR) is 164 cm³/mol. The molecule has 2 N–H and O–H groups in total. The Balaban J connectivity index is 1.30. The van der Waals surface area contributed by atoms with Gasteiger partial charge >= 0.3 is 5.97 Å². The van der Waals surface area contributed by atoms with Crippen molar-refractivity contribution < 1.29 is 14.3 Å². The summed E-state index contributed by atoms with van der Waals surface area (Å²) in [6, 6.07) is 16.8. The van der Waals surface area contributed by atoms with E-state index in [2.05, 4.69) is 72.7 Å². The van der Waals surface area contributed by atoms with Gasteiger partial charge < -0.3 is 15.0 Å². The van der Waals surface area contributed by atoms with Crippen molar-refractivity contribution in [1.82, 2.24) is 9.97 Å². The summed E-state index contributed by atoms with van der Waals surface area (Å²) in [4.78, 5) is 35.3. The molecule has 2 aromatic heterocycles. The molecule has 1 aliphatic carbocycles. The smallest absolute Gasteiger partial charge is 0.341 e. The van der Waals surface area contributed by atoms with Crippen LogP contribution in [0.1, 0.15) is 64.0 Å². The molecule has 208 valence electrons. The lowest BCUT2D eigenvalue weighted by atomic mass is 9.96. The van der Waals surface area contributed by atoms with Crippen molar-refractivity contribution in [3.8, 4) is 22.5 Å². The number of aryl methyl sites for hydroxylation is 3. The van der Waals surface area contributed by atoms with E-state index < -0.39 is 0 Å². The first-order chi connectivity index (χ1) is 19.4. The number of nitrogens with zero attached hydrogens (tertiary/aromatic N) is 1. The molecule has 0 saturated heterocycles. The summed E-state index contributed by atoms with van der Waals surface area (Å²) in [7, 11) is 1.40. The van der Waals surface area contributed by atoms with Gasteiger partial charge in [-0.25, -0.2) is 9.78 Å². The minimum atomic E-state index is -0.370. The molecule has 0 spiro atoms. The van der Waals surface area contributed by atoms with Gasteiger partial charge in [0.1, 0.15) is 5.00 Å². The monoisotopic (exact) mass is 573 g/mol. The number of aromatic amines is 1. The zero-order chi connectivity index (χ0) is 28.1. The Kier molecular flexibility index (Phi) is 9.07. The molecule has 1 aliphatic rings. The molecule has 5 rings (SSSR count). The van der Waals surface area contributed by atoms with Crippen molar-refractivity contribution in [2.24, 2.45) is 0 Å². The normalized spacial score (nSPS) is 13.3. The third-order valence-corrected chi connectivity index (χ3v) is 9.31. The summed E-state index contributed by atoms with van der Waals surface area (Å²) in [5, 5.41) is 4.42. The highest BCUT2D eigenvalue weighted by Crippen LogP contribution is 2.38. The van der Waals surface area contributed by atoms with E-state index in [9.17, 15) is 9.59 Å². The first-order valence-electron chi connectivity index (χ1n) is 13.8. The summed E-state index contributed by atoms with van der Waals surface area (Å²) in [5.74, 6) is 0.0696. The molecule has 4 aromatic rings. The highest BCUT2D eigenvalue weighted by Gasteiger charge is 2.26. The fraction of sp³-hybridized carbons (Fsp3) is 0.344. The lowest BCUT2D eigenvalue weighted by Crippen LogP contribution is -2.15. The molecular formula is C32H35N3O3S2. The minimum Gasteiger partial charge on any atom is -0.465 e. The highest BCUT2D eigenvalue weighted by atomic mass is 32.2. The van der Waals surface area contributed by atoms with Gasteiger partial charge in [-0.2, -0.15) is 0 Å². The number of thioether (sulfide) groups is 1. The minimum absolute atomic E-state index is 0.115. The Bertz CT molecular complexity index is 1420. The number of ether oxygens (including phenoxy) is 1. The van der Waals surface area contributed by atoms with E-state index >= 15 is 0 Å². The second-order valence-electron chi connectivity index (χ2n) is 10.3. The standard InChI is InChI=1S/C32H35N3O3S2/c1-20-10-14-22(15-11-20)28-29(23-16-12-21(2)13-17-23)35-32(34-28)39-19-18-26(36)33-30-27(31(37)38-3)24-8-6-4-5-7-9-25(24)40-30/h10-17H,4-9,18-19H2,1-3H3,(H,33,36)(H,34,35). The van der Waals surface area contributed by atoms with E-state index in [1.165, 1.54) is 59.1 Å². The van der Waals surface area contributed by atoms with Gasteiger partial charge in [-0.1, -0.05) is 84.3 Å². The maximum absolute atomic E-state index is 13.0. The number of benzene rings is 2. The Hall–Kier alpha value is -3.36. The number of fused-ring (bicyclic) bond motifs is 1. The van der Waals surface area contributed by atoms with Crippen molar-refractivity contribution in [1.29, 1.82) is 0 Å². The summed E-state index contributed by atoms with van der Waals surface area (Å²) < 4.78 is 5.09. The first kappa shape index (κ1) is 28.2. The van der Waals surface area contributed by atoms with E-state index in [-0.39, 0.29) is 11.9 Å². The number of carbonyl (C=O) groups is 2. The van der Waals surface area contributed by atoms with Crippen LogP contribution in [-0.4, -0.2) is 34.7 Å². The lowest BCUT2D eigenvalue weighted by molar-refractivity contribution is -0.115. The van der Waals surface area contributed by atoms with Crippen LogP contribution in [0.25, 0.3) is 22.5 Å². The molecular weight excluding hydrogens is 539 g/mol. The van der Waals surface area contributed by atoms with Gasteiger partial charge in [0.05, 0.1) is 24.1 Å². The number of methoxy groups -OCH3 is 1. The number of nitrogens with one attached hydrogen (secondary N) is 2. The molecule has 0 atom stereocenters. The molecule has 0 bridgehead atoms. The maximum atomic E-state index is 13.0. The van der Waals surface area contributed by atoms with Crippen LogP contribution in [0.5, 0.6) is 0 Å². The number of anilines is 1. The molecule has 2 aromatic carbocycles. The predicted octanol–water partition coefficient (Wildman–Crippen LogP) is 7.99. The molecule has 2 heterocycles. The second kappa shape index (κ2) is 12.9. The third kappa shape index (κ3) is 6.50. The van der Waals surface area contributed by atoms with Crippen LogP contribution in [0, 0.1) is 13.8 Å². The number of hydrogen-bond donors (Lipinski definition) is 2. The maximum Gasteiger partial charge on any atom is 0.341 e. The molecule has 0 unspecified atom stereocenters. The molecule has 0 radical (unpaired) electrons. The third-order valence-electron chi connectivity index (χ3n) is 7.23. The summed E-state index contributed by atoms with van der Waals surface area (Å²) in [6.45, 7) is 4.15. The molecule has 1 amide bonds. The fourth-order valence-corrected chi connectivity index (χ4v) is 7.13. The second-order valence-corrected chi connectivity index (χ2v) is 12.4. The zero-order valence-electron chi connectivity index (χ0n) is 23.3. The van der Waals surface area contributed by atoms with Crippen molar-refractivity contribution in [3.05, 3.63) is 75.7 Å². The highest BCUT2D eigenvalue weighted by molar-refractivity contribution is 7.99. The van der Waals surface area contributed by atoms with Crippen molar-refractivity contribution >= 4 is 40.0 Å². The van der Waals surface area contributed by atoms with Gasteiger partial charge in [-0.15, -0.1) is 11.3 Å². The van der Waals surface area contributed by atoms with E-state index in [0.717, 1.165) is 58.9 Å². The van der Waals surface area contributed by atoms with Crippen molar-refractivity contribution in [2.45, 2.75) is 63.9 Å². The fourth-order valence-electron chi connectivity index (χ4n) is 5.02. The summed E-state index contributed by atoms with van der Waals surface area (Å²) in [5.41, 5.74) is 7.99. The van der Waals surface area contributed by atoms with E-state index in [0.29, 0.717) is 22.7 Å². The van der Waals surface area contributed by atoms with Crippen LogP contribution in [-0.2, 0) is 22.4 Å². The van der Waals surface area contributed by atoms with Crippen LogP contribution < -0.4 is 5.32 Å². The number of rotatable bonds is 8. The SMILES string of the molecule is COC(=O)c1c(NC(=O)CCSc2nc(-c3ccc(C)cc3)c(-c3ccc(C)cc3)[nH]2)sc2c1CCCCCC2. The van der Waals surface area contributed by atoms with Crippen LogP contribution in [0.3, 0.4) is 0 Å². The van der Waals surface area contributed by atoms with Crippen LogP contribution in [0.15, 0.2) is 53.7 Å². The Labute approximate surface area is 244 Å². The van der Waals surface area contributed by atoms with Gasteiger partial charge in [0.25, 0.3) is 0 Å². The zero-order valence-corrected chi connectivity index (χ0v) is 24.9. The number of hydrogen-bond acceptors (Lipinski definition) is 6. The quantitative estimate of drug-likeness (QED) is 0.165. The average molecular weight is 574 g/mol. The molecule has 40 heavy (non-hydrogen) atoms. The Morgan fingerprint density at radius 2 is 1.60 bits per heavy atom. The van der Waals surface area contributed by atoms with Gasteiger partial charge in [-0.3, -0.25) is 4.79 Å². The molecule has 0 fully saturated rings. The Morgan fingerprint density at radius 1 is 0.950 bits per heavy atom. The van der Waals surface area contributed by atoms with Gasteiger partial charge in [0, 0.05) is 28.2 Å². The number of carbonyl (C=O) groups excluding carboxylic acids is 2. The number of esters is 1. The van der Waals surface area contributed by atoms with Gasteiger partial charge in [0.15, 0.2) is 5.16 Å². The van der Waals surface area contributed by atoms with E-state index in [1.807, 2.05) is 0 Å². The molecule has 6 nitrogen and oxygen atoms in total.